The predicted octanol–water partition coefficient (Wildman–Crippen LogP) is 1.23. The van der Waals surface area contributed by atoms with E-state index in [1.807, 2.05) is 17.8 Å². The summed E-state index contributed by atoms with van der Waals surface area (Å²) in [5.41, 5.74) is 7.19. The SMILES string of the molecule is CS(=O)(=O)c1cccc(N2CCSCC2)c1N. The lowest BCUT2D eigenvalue weighted by Gasteiger charge is -2.30. The molecule has 1 aromatic rings. The summed E-state index contributed by atoms with van der Waals surface area (Å²) in [7, 11) is -3.25. The molecule has 2 rings (SSSR count). The molecule has 1 aliphatic rings. The van der Waals surface area contributed by atoms with Gasteiger partial charge in [0.1, 0.15) is 0 Å². The van der Waals surface area contributed by atoms with Crippen molar-refractivity contribution in [2.45, 2.75) is 4.90 Å². The van der Waals surface area contributed by atoms with Crippen LogP contribution in [0.2, 0.25) is 0 Å². The second-order valence-electron chi connectivity index (χ2n) is 4.06. The Kier molecular flexibility index (Phi) is 3.53. The third-order valence-corrected chi connectivity index (χ3v) is 4.89. The van der Waals surface area contributed by atoms with Crippen molar-refractivity contribution in [3.05, 3.63) is 18.2 Å². The summed E-state index contributed by atoms with van der Waals surface area (Å²) in [5, 5.41) is 0. The van der Waals surface area contributed by atoms with Gasteiger partial charge in [-0.1, -0.05) is 6.07 Å². The summed E-state index contributed by atoms with van der Waals surface area (Å²) in [4.78, 5) is 2.38. The predicted molar refractivity (Wildman–Crippen MR) is 73.5 cm³/mol. The Bertz CT molecular complexity index is 508. The van der Waals surface area contributed by atoms with Crippen molar-refractivity contribution in [1.29, 1.82) is 0 Å². The molecule has 0 aliphatic carbocycles. The fraction of sp³-hybridized carbons (Fsp3) is 0.455. The molecule has 1 aliphatic heterocycles. The third-order valence-electron chi connectivity index (χ3n) is 2.79. The zero-order valence-corrected chi connectivity index (χ0v) is 11.4. The number of hydrogen-bond acceptors (Lipinski definition) is 5. The van der Waals surface area contributed by atoms with Crippen molar-refractivity contribution in [3.8, 4) is 0 Å². The Morgan fingerprint density at radius 3 is 2.53 bits per heavy atom. The topological polar surface area (TPSA) is 63.4 Å². The maximum absolute atomic E-state index is 11.6. The molecule has 0 spiro atoms. The van der Waals surface area contributed by atoms with Crippen LogP contribution in [-0.4, -0.2) is 39.3 Å². The maximum atomic E-state index is 11.6. The van der Waals surface area contributed by atoms with E-state index in [9.17, 15) is 8.42 Å². The smallest absolute Gasteiger partial charge is 0.177 e. The molecule has 1 aromatic carbocycles. The minimum Gasteiger partial charge on any atom is -0.396 e. The summed E-state index contributed by atoms with van der Waals surface area (Å²) in [5.74, 6) is 2.12. The first-order chi connectivity index (χ1) is 8.00. The number of nitrogens with two attached hydrogens (primary N) is 1. The van der Waals surface area contributed by atoms with Crippen LogP contribution in [0.4, 0.5) is 11.4 Å². The zero-order valence-electron chi connectivity index (χ0n) is 9.72. The van der Waals surface area contributed by atoms with Crippen molar-refractivity contribution in [1.82, 2.24) is 0 Å². The van der Waals surface area contributed by atoms with Crippen molar-refractivity contribution in [2.75, 3.05) is 41.5 Å². The number of para-hydroxylation sites is 1. The van der Waals surface area contributed by atoms with Crippen LogP contribution in [0.25, 0.3) is 0 Å². The van der Waals surface area contributed by atoms with Gasteiger partial charge >= 0.3 is 0 Å². The lowest BCUT2D eigenvalue weighted by Crippen LogP contribution is -2.33. The van der Waals surface area contributed by atoms with Gasteiger partial charge < -0.3 is 10.6 Å². The van der Waals surface area contributed by atoms with Gasteiger partial charge in [0.2, 0.25) is 0 Å². The van der Waals surface area contributed by atoms with Crippen molar-refractivity contribution in [2.24, 2.45) is 0 Å². The molecule has 4 nitrogen and oxygen atoms in total. The van der Waals surface area contributed by atoms with E-state index in [1.165, 1.54) is 6.26 Å². The van der Waals surface area contributed by atoms with Gasteiger partial charge in [0.05, 0.1) is 16.3 Å². The Labute approximate surface area is 106 Å². The van der Waals surface area contributed by atoms with Gasteiger partial charge in [-0.2, -0.15) is 11.8 Å². The van der Waals surface area contributed by atoms with E-state index in [1.54, 1.807) is 12.1 Å². The number of hydrogen-bond donors (Lipinski definition) is 1. The van der Waals surface area contributed by atoms with Crippen LogP contribution >= 0.6 is 11.8 Å². The monoisotopic (exact) mass is 272 g/mol. The second-order valence-corrected chi connectivity index (χ2v) is 7.27. The average molecular weight is 272 g/mol. The van der Waals surface area contributed by atoms with Crippen LogP contribution in [0.5, 0.6) is 0 Å². The Morgan fingerprint density at radius 1 is 1.29 bits per heavy atom. The minimum atomic E-state index is -3.25. The summed E-state index contributed by atoms with van der Waals surface area (Å²) in [6.45, 7) is 1.84. The molecule has 0 amide bonds. The largest absolute Gasteiger partial charge is 0.396 e. The minimum absolute atomic E-state index is 0.230. The first kappa shape index (κ1) is 12.6. The van der Waals surface area contributed by atoms with Crippen molar-refractivity contribution in [3.63, 3.8) is 0 Å². The third kappa shape index (κ3) is 2.69. The Morgan fingerprint density at radius 2 is 1.94 bits per heavy atom. The highest BCUT2D eigenvalue weighted by Gasteiger charge is 2.19. The Balaban J connectivity index is 2.42. The number of sulfone groups is 1. The normalized spacial score (nSPS) is 17.1. The number of anilines is 2. The maximum Gasteiger partial charge on any atom is 0.177 e. The van der Waals surface area contributed by atoms with E-state index in [0.717, 1.165) is 30.3 Å². The highest BCUT2D eigenvalue weighted by molar-refractivity contribution is 7.99. The van der Waals surface area contributed by atoms with Gasteiger partial charge in [0, 0.05) is 30.9 Å². The number of thioether (sulfide) groups is 1. The van der Waals surface area contributed by atoms with E-state index in [2.05, 4.69) is 4.90 Å². The standard InChI is InChI=1S/C11H16N2O2S2/c1-17(14,15)10-4-2-3-9(11(10)12)13-5-7-16-8-6-13/h2-4H,5-8,12H2,1H3. The number of nitrogens with zero attached hydrogens (tertiary/aromatic N) is 1. The van der Waals surface area contributed by atoms with Gasteiger partial charge in [-0.15, -0.1) is 0 Å². The van der Waals surface area contributed by atoms with Crippen LogP contribution < -0.4 is 10.6 Å². The van der Waals surface area contributed by atoms with E-state index < -0.39 is 9.84 Å². The number of nitrogen functional groups attached to an aromatic ring is 1. The van der Waals surface area contributed by atoms with E-state index in [-0.39, 0.29) is 4.90 Å². The quantitative estimate of drug-likeness (QED) is 0.820. The van der Waals surface area contributed by atoms with Crippen molar-refractivity contribution < 1.29 is 8.42 Å². The lowest BCUT2D eigenvalue weighted by molar-refractivity contribution is 0.602. The molecule has 0 atom stereocenters. The zero-order chi connectivity index (χ0) is 12.5. The van der Waals surface area contributed by atoms with Crippen LogP contribution in [0.15, 0.2) is 23.1 Å². The van der Waals surface area contributed by atoms with E-state index in [4.69, 9.17) is 5.73 Å². The molecule has 6 heteroatoms. The highest BCUT2D eigenvalue weighted by Crippen LogP contribution is 2.31. The molecule has 0 bridgehead atoms. The van der Waals surface area contributed by atoms with Crippen LogP contribution in [0, 0.1) is 0 Å². The fourth-order valence-corrected chi connectivity index (χ4v) is 3.67. The molecule has 1 fully saturated rings. The van der Waals surface area contributed by atoms with Crippen LogP contribution in [0.1, 0.15) is 0 Å². The molecule has 1 heterocycles. The summed E-state index contributed by atoms with van der Waals surface area (Å²) in [6.07, 6.45) is 1.19. The summed E-state index contributed by atoms with van der Waals surface area (Å²) >= 11 is 1.91. The molecular formula is C11H16N2O2S2. The lowest BCUT2D eigenvalue weighted by atomic mass is 10.2. The summed E-state index contributed by atoms with van der Waals surface area (Å²) < 4.78 is 23.2. The molecule has 17 heavy (non-hydrogen) atoms. The van der Waals surface area contributed by atoms with Gasteiger partial charge in [-0.3, -0.25) is 0 Å². The van der Waals surface area contributed by atoms with Crippen LogP contribution in [0.3, 0.4) is 0 Å². The average Bonchev–Trinajstić information content (AvgIpc) is 2.29. The first-order valence-electron chi connectivity index (χ1n) is 5.41. The molecule has 2 N–H and O–H groups in total. The van der Waals surface area contributed by atoms with Crippen LogP contribution in [-0.2, 0) is 9.84 Å². The molecule has 0 aromatic heterocycles. The van der Waals surface area contributed by atoms with Crippen molar-refractivity contribution >= 4 is 33.0 Å². The highest BCUT2D eigenvalue weighted by atomic mass is 32.2. The van der Waals surface area contributed by atoms with Gasteiger partial charge in [0.25, 0.3) is 0 Å². The molecule has 94 valence electrons. The first-order valence-corrected chi connectivity index (χ1v) is 8.46. The van der Waals surface area contributed by atoms with Gasteiger partial charge in [0.15, 0.2) is 9.84 Å². The molecule has 0 saturated carbocycles. The summed E-state index contributed by atoms with van der Waals surface area (Å²) in [6, 6.07) is 5.21. The van der Waals surface area contributed by atoms with E-state index in [0.29, 0.717) is 5.69 Å². The molecule has 0 radical (unpaired) electrons. The number of benzene rings is 1. The van der Waals surface area contributed by atoms with Gasteiger partial charge in [-0.05, 0) is 12.1 Å². The molecular weight excluding hydrogens is 256 g/mol. The fourth-order valence-electron chi connectivity index (χ4n) is 1.94. The Hall–Kier alpha value is -0.880. The van der Waals surface area contributed by atoms with E-state index >= 15 is 0 Å². The van der Waals surface area contributed by atoms with Gasteiger partial charge in [-0.25, -0.2) is 8.42 Å². The number of rotatable bonds is 2. The molecule has 1 saturated heterocycles. The molecule has 0 unspecified atom stereocenters. The second kappa shape index (κ2) is 4.78.